The first-order valence-electron chi connectivity index (χ1n) is 7.86. The SMILES string of the molecule is CSc1ccc(OCC#Cc2ccc(CC[C@@H](C)C(N)O)s2)cc1. The maximum atomic E-state index is 9.31. The van der Waals surface area contributed by atoms with Gasteiger partial charge >= 0.3 is 0 Å². The Kier molecular flexibility index (Phi) is 7.67. The molecule has 2 rings (SSSR count). The Hall–Kier alpha value is -1.45. The first kappa shape index (κ1) is 18.9. The molecule has 24 heavy (non-hydrogen) atoms. The first-order valence-corrected chi connectivity index (χ1v) is 9.90. The number of thiophene rings is 1. The Morgan fingerprint density at radius 2 is 2.00 bits per heavy atom. The lowest BCUT2D eigenvalue weighted by Gasteiger charge is -2.12. The summed E-state index contributed by atoms with van der Waals surface area (Å²) in [5.74, 6) is 7.12. The predicted molar refractivity (Wildman–Crippen MR) is 103 cm³/mol. The van der Waals surface area contributed by atoms with E-state index >= 15 is 0 Å². The van der Waals surface area contributed by atoms with Crippen molar-refractivity contribution >= 4 is 23.1 Å². The summed E-state index contributed by atoms with van der Waals surface area (Å²) in [6, 6.07) is 12.1. The van der Waals surface area contributed by atoms with Gasteiger partial charge < -0.3 is 15.6 Å². The molecule has 0 fully saturated rings. The normalized spacial score (nSPS) is 13.0. The number of nitrogens with two attached hydrogens (primary N) is 1. The number of ether oxygens (including phenoxy) is 1. The molecule has 1 heterocycles. The predicted octanol–water partition coefficient (Wildman–Crippen LogP) is 3.75. The molecule has 0 bridgehead atoms. The van der Waals surface area contributed by atoms with Crippen molar-refractivity contribution < 1.29 is 9.84 Å². The third-order valence-electron chi connectivity index (χ3n) is 3.67. The fourth-order valence-corrected chi connectivity index (χ4v) is 3.34. The average Bonchev–Trinajstić information content (AvgIpc) is 3.05. The van der Waals surface area contributed by atoms with E-state index < -0.39 is 6.23 Å². The lowest BCUT2D eigenvalue weighted by molar-refractivity contribution is 0.119. The molecule has 0 aliphatic heterocycles. The van der Waals surface area contributed by atoms with Crippen LogP contribution in [0.5, 0.6) is 5.75 Å². The number of thioether (sulfide) groups is 1. The van der Waals surface area contributed by atoms with E-state index in [2.05, 4.69) is 24.2 Å². The second kappa shape index (κ2) is 9.75. The van der Waals surface area contributed by atoms with Crippen LogP contribution in [0.15, 0.2) is 41.3 Å². The quantitative estimate of drug-likeness (QED) is 0.448. The molecule has 0 radical (unpaired) electrons. The molecule has 128 valence electrons. The molecule has 0 aliphatic rings. The molecule has 2 aromatic rings. The highest BCUT2D eigenvalue weighted by atomic mass is 32.2. The van der Waals surface area contributed by atoms with Gasteiger partial charge in [-0.15, -0.1) is 23.1 Å². The Morgan fingerprint density at radius 3 is 2.67 bits per heavy atom. The number of rotatable bonds is 7. The van der Waals surface area contributed by atoms with Gasteiger partial charge in [-0.1, -0.05) is 18.8 Å². The van der Waals surface area contributed by atoms with Crippen LogP contribution < -0.4 is 10.5 Å². The van der Waals surface area contributed by atoms with Crippen LogP contribution in [-0.2, 0) is 6.42 Å². The zero-order valence-corrected chi connectivity index (χ0v) is 15.6. The van der Waals surface area contributed by atoms with Gasteiger partial charge in [-0.3, -0.25) is 0 Å². The van der Waals surface area contributed by atoms with E-state index in [4.69, 9.17) is 10.5 Å². The molecule has 0 saturated carbocycles. The third kappa shape index (κ3) is 6.21. The van der Waals surface area contributed by atoms with E-state index in [0.717, 1.165) is 23.5 Å². The fourth-order valence-electron chi connectivity index (χ4n) is 2.03. The van der Waals surface area contributed by atoms with Gasteiger partial charge in [0.05, 0.1) is 4.88 Å². The minimum atomic E-state index is -0.744. The summed E-state index contributed by atoms with van der Waals surface area (Å²) in [5.41, 5.74) is 5.47. The van der Waals surface area contributed by atoms with Crippen LogP contribution in [0.2, 0.25) is 0 Å². The second-order valence-corrected chi connectivity index (χ2v) is 7.59. The Morgan fingerprint density at radius 1 is 1.25 bits per heavy atom. The van der Waals surface area contributed by atoms with Crippen LogP contribution in [0.4, 0.5) is 0 Å². The summed E-state index contributed by atoms with van der Waals surface area (Å²) in [5, 5.41) is 9.31. The molecule has 3 nitrogen and oxygen atoms in total. The van der Waals surface area contributed by atoms with Crippen molar-refractivity contribution in [3.8, 4) is 17.6 Å². The summed E-state index contributed by atoms with van der Waals surface area (Å²) in [6.45, 7) is 2.34. The summed E-state index contributed by atoms with van der Waals surface area (Å²) in [6.07, 6.45) is 3.10. The molecule has 0 spiro atoms. The number of aliphatic hydroxyl groups excluding tert-OH is 1. The highest BCUT2D eigenvalue weighted by Gasteiger charge is 2.09. The zero-order valence-electron chi connectivity index (χ0n) is 14.0. The number of aryl methyl sites for hydroxylation is 1. The highest BCUT2D eigenvalue weighted by molar-refractivity contribution is 7.98. The van der Waals surface area contributed by atoms with Gasteiger partial charge in [-0.2, -0.15) is 0 Å². The van der Waals surface area contributed by atoms with E-state index in [1.165, 1.54) is 9.77 Å². The number of aliphatic hydroxyl groups is 1. The van der Waals surface area contributed by atoms with Gasteiger partial charge in [0.15, 0.2) is 0 Å². The Labute approximate surface area is 152 Å². The van der Waals surface area contributed by atoms with Gasteiger partial charge in [0, 0.05) is 9.77 Å². The maximum absolute atomic E-state index is 9.31. The van der Waals surface area contributed by atoms with Crippen molar-refractivity contribution in [3.05, 3.63) is 46.2 Å². The topological polar surface area (TPSA) is 55.5 Å². The molecular weight excluding hydrogens is 338 g/mol. The van der Waals surface area contributed by atoms with E-state index in [-0.39, 0.29) is 5.92 Å². The van der Waals surface area contributed by atoms with Gasteiger partial charge in [0.1, 0.15) is 18.6 Å². The molecule has 0 amide bonds. The highest BCUT2D eigenvalue weighted by Crippen LogP contribution is 2.20. The standard InChI is InChI=1S/C19H23NO2S2/c1-14(19(20)21)5-8-18-12-11-17(24-18)4-3-13-22-15-6-9-16(23-2)10-7-15/h6-7,9-12,14,19,21H,5,8,13,20H2,1-2H3/t14-,19?/m1/s1. The van der Waals surface area contributed by atoms with Crippen molar-refractivity contribution in [1.29, 1.82) is 0 Å². The maximum Gasteiger partial charge on any atom is 0.149 e. The van der Waals surface area contributed by atoms with Gasteiger partial charge in [-0.25, -0.2) is 0 Å². The van der Waals surface area contributed by atoms with Crippen LogP contribution >= 0.6 is 23.1 Å². The van der Waals surface area contributed by atoms with E-state index in [9.17, 15) is 5.11 Å². The number of hydrogen-bond donors (Lipinski definition) is 2. The van der Waals surface area contributed by atoms with Crippen molar-refractivity contribution in [2.24, 2.45) is 11.7 Å². The Balaban J connectivity index is 1.79. The minimum Gasteiger partial charge on any atom is -0.481 e. The van der Waals surface area contributed by atoms with Crippen molar-refractivity contribution in [2.45, 2.75) is 30.9 Å². The summed E-state index contributed by atoms with van der Waals surface area (Å²) >= 11 is 3.39. The van der Waals surface area contributed by atoms with Crippen LogP contribution in [0.25, 0.3) is 0 Å². The lowest BCUT2D eigenvalue weighted by Crippen LogP contribution is -2.27. The van der Waals surface area contributed by atoms with Crippen LogP contribution in [-0.4, -0.2) is 24.2 Å². The zero-order chi connectivity index (χ0) is 17.4. The summed E-state index contributed by atoms with van der Waals surface area (Å²) in [7, 11) is 0. The summed E-state index contributed by atoms with van der Waals surface area (Å²) in [4.78, 5) is 3.52. The van der Waals surface area contributed by atoms with Gasteiger partial charge in [-0.05, 0) is 61.4 Å². The van der Waals surface area contributed by atoms with Gasteiger partial charge in [0.25, 0.3) is 0 Å². The van der Waals surface area contributed by atoms with E-state index in [0.29, 0.717) is 6.61 Å². The van der Waals surface area contributed by atoms with Crippen LogP contribution in [0.1, 0.15) is 23.1 Å². The molecular formula is C19H23NO2S2. The smallest absolute Gasteiger partial charge is 0.149 e. The molecule has 0 aliphatic carbocycles. The molecule has 1 unspecified atom stereocenters. The molecule has 3 N–H and O–H groups in total. The molecule has 1 aromatic carbocycles. The second-order valence-electron chi connectivity index (χ2n) is 5.54. The molecule has 1 aromatic heterocycles. The number of hydrogen-bond acceptors (Lipinski definition) is 5. The minimum absolute atomic E-state index is 0.104. The Bertz CT molecular complexity index is 683. The first-order chi connectivity index (χ1) is 11.6. The molecule has 0 saturated heterocycles. The van der Waals surface area contributed by atoms with Crippen molar-refractivity contribution in [2.75, 3.05) is 12.9 Å². The van der Waals surface area contributed by atoms with Gasteiger partial charge in [0.2, 0.25) is 0 Å². The lowest BCUT2D eigenvalue weighted by atomic mass is 10.0. The summed E-state index contributed by atoms with van der Waals surface area (Å²) < 4.78 is 5.62. The van der Waals surface area contributed by atoms with E-state index in [1.807, 2.05) is 37.3 Å². The van der Waals surface area contributed by atoms with Crippen LogP contribution in [0, 0.1) is 17.8 Å². The fraction of sp³-hybridized carbons (Fsp3) is 0.368. The molecule has 5 heteroatoms. The van der Waals surface area contributed by atoms with Crippen molar-refractivity contribution in [3.63, 3.8) is 0 Å². The largest absolute Gasteiger partial charge is 0.481 e. The molecule has 2 atom stereocenters. The third-order valence-corrected chi connectivity index (χ3v) is 5.48. The van der Waals surface area contributed by atoms with E-state index in [1.54, 1.807) is 23.1 Å². The number of benzene rings is 1. The van der Waals surface area contributed by atoms with Crippen molar-refractivity contribution in [1.82, 2.24) is 0 Å². The van der Waals surface area contributed by atoms with Crippen LogP contribution in [0.3, 0.4) is 0 Å². The average molecular weight is 362 g/mol. The monoisotopic (exact) mass is 361 g/mol.